The van der Waals surface area contributed by atoms with Gasteiger partial charge in [0, 0.05) is 26.2 Å². The number of unbranched alkanes of at least 4 members (excludes halogenated alkanes) is 1. The predicted octanol–water partition coefficient (Wildman–Crippen LogP) is 3.61. The van der Waals surface area contributed by atoms with E-state index in [4.69, 9.17) is 11.6 Å². The maximum atomic E-state index is 12.7. The van der Waals surface area contributed by atoms with Crippen LogP contribution < -0.4 is 5.32 Å². The minimum atomic E-state index is -3.63. The number of nitrogens with zero attached hydrogens (tertiary/aromatic N) is 2. The molecule has 1 fully saturated rings. The van der Waals surface area contributed by atoms with Crippen LogP contribution in [0.4, 0.5) is 0 Å². The van der Waals surface area contributed by atoms with Gasteiger partial charge in [0.1, 0.15) is 0 Å². The number of hydrogen-bond donors (Lipinski definition) is 1. The number of halogens is 1. The second kappa shape index (κ2) is 11.3. The van der Waals surface area contributed by atoms with Gasteiger partial charge in [0.05, 0.1) is 15.5 Å². The zero-order valence-corrected chi connectivity index (χ0v) is 19.4. The van der Waals surface area contributed by atoms with Gasteiger partial charge < -0.3 is 10.2 Å². The van der Waals surface area contributed by atoms with Gasteiger partial charge in [0.25, 0.3) is 5.91 Å². The topological polar surface area (TPSA) is 69.7 Å². The zero-order valence-electron chi connectivity index (χ0n) is 17.8. The van der Waals surface area contributed by atoms with E-state index in [9.17, 15) is 13.2 Å². The molecule has 1 atom stereocenters. The molecule has 6 nitrogen and oxygen atoms in total. The van der Waals surface area contributed by atoms with Crippen LogP contribution >= 0.6 is 11.6 Å². The first-order valence-electron chi connectivity index (χ1n) is 10.6. The summed E-state index contributed by atoms with van der Waals surface area (Å²) < 4.78 is 26.8. The molecule has 1 N–H and O–H groups in total. The summed E-state index contributed by atoms with van der Waals surface area (Å²) in [4.78, 5) is 15.1. The minimum absolute atomic E-state index is 0.0926. The summed E-state index contributed by atoms with van der Waals surface area (Å²) in [7, 11) is -3.63. The number of piperidine rings is 1. The van der Waals surface area contributed by atoms with E-state index in [0.717, 1.165) is 31.8 Å². The van der Waals surface area contributed by atoms with Crippen molar-refractivity contribution in [2.75, 3.05) is 39.3 Å². The molecule has 0 aromatic heterocycles. The zero-order chi connectivity index (χ0) is 21.4. The highest BCUT2D eigenvalue weighted by molar-refractivity contribution is 7.89. The van der Waals surface area contributed by atoms with Crippen molar-refractivity contribution in [3.05, 3.63) is 28.8 Å². The van der Waals surface area contributed by atoms with Crippen LogP contribution in [-0.4, -0.2) is 62.8 Å². The Balaban J connectivity index is 1.90. The number of nitrogens with one attached hydrogen (secondary N) is 1. The predicted molar refractivity (Wildman–Crippen MR) is 118 cm³/mol. The van der Waals surface area contributed by atoms with Crippen molar-refractivity contribution in [1.29, 1.82) is 0 Å². The van der Waals surface area contributed by atoms with Crippen LogP contribution in [0.1, 0.15) is 56.8 Å². The lowest BCUT2D eigenvalue weighted by molar-refractivity contribution is 0.0952. The fraction of sp³-hybridized carbons (Fsp3) is 0.667. The van der Waals surface area contributed by atoms with E-state index in [1.807, 2.05) is 0 Å². The van der Waals surface area contributed by atoms with Crippen LogP contribution in [-0.2, 0) is 10.0 Å². The second-order valence-corrected chi connectivity index (χ2v) is 10.1. The summed E-state index contributed by atoms with van der Waals surface area (Å²) in [6.45, 7) is 10.5. The van der Waals surface area contributed by atoms with Crippen LogP contribution in [0, 0.1) is 5.92 Å². The monoisotopic (exact) mass is 443 g/mol. The van der Waals surface area contributed by atoms with Gasteiger partial charge in [-0.05, 0) is 62.9 Å². The molecular formula is C21H34ClN3O3S. The first-order chi connectivity index (χ1) is 13.8. The molecule has 1 unspecified atom stereocenters. The molecule has 0 saturated carbocycles. The summed E-state index contributed by atoms with van der Waals surface area (Å²) in [6, 6.07) is 4.30. The Hall–Kier alpha value is -1.15. The van der Waals surface area contributed by atoms with Crippen molar-refractivity contribution in [1.82, 2.24) is 14.5 Å². The summed E-state index contributed by atoms with van der Waals surface area (Å²) in [5.74, 6) is 0.434. The van der Waals surface area contributed by atoms with Gasteiger partial charge in [-0.1, -0.05) is 32.4 Å². The van der Waals surface area contributed by atoms with Gasteiger partial charge in [0.15, 0.2) is 0 Å². The van der Waals surface area contributed by atoms with Crippen molar-refractivity contribution >= 4 is 27.5 Å². The largest absolute Gasteiger partial charge is 0.352 e. The van der Waals surface area contributed by atoms with Crippen LogP contribution in [0.2, 0.25) is 5.02 Å². The Morgan fingerprint density at radius 1 is 1.28 bits per heavy atom. The Morgan fingerprint density at radius 3 is 2.66 bits per heavy atom. The van der Waals surface area contributed by atoms with Crippen molar-refractivity contribution in [3.8, 4) is 0 Å². The van der Waals surface area contributed by atoms with E-state index < -0.39 is 10.0 Å². The third-order valence-corrected chi connectivity index (χ3v) is 7.83. The maximum absolute atomic E-state index is 12.7. The number of rotatable bonds is 10. The highest BCUT2D eigenvalue weighted by Crippen LogP contribution is 2.23. The smallest absolute Gasteiger partial charge is 0.252 e. The fourth-order valence-electron chi connectivity index (χ4n) is 3.80. The molecule has 1 amide bonds. The molecule has 1 aromatic rings. The average molecular weight is 444 g/mol. The maximum Gasteiger partial charge on any atom is 0.252 e. The van der Waals surface area contributed by atoms with Crippen molar-refractivity contribution in [3.63, 3.8) is 0 Å². The normalized spacial score (nSPS) is 18.2. The van der Waals surface area contributed by atoms with Crippen molar-refractivity contribution in [2.45, 2.75) is 51.3 Å². The van der Waals surface area contributed by atoms with E-state index in [2.05, 4.69) is 17.1 Å². The van der Waals surface area contributed by atoms with E-state index in [1.165, 1.54) is 41.9 Å². The highest BCUT2D eigenvalue weighted by atomic mass is 35.5. The first kappa shape index (κ1) is 24.1. The molecule has 29 heavy (non-hydrogen) atoms. The standard InChI is InChI=1S/C21H34ClN3O3S/c1-4-25(5-2)29(27,28)18-10-11-20(22)19(15-18)21(26)23-12-6-7-13-24-14-8-9-17(3)16-24/h10-11,15,17H,4-9,12-14,16H2,1-3H3,(H,23,26). The van der Waals surface area contributed by atoms with E-state index in [-0.39, 0.29) is 21.4 Å². The summed E-state index contributed by atoms with van der Waals surface area (Å²) in [5, 5.41) is 3.12. The van der Waals surface area contributed by atoms with Gasteiger partial charge in [-0.3, -0.25) is 4.79 Å². The lowest BCUT2D eigenvalue weighted by atomic mass is 10.0. The number of benzene rings is 1. The van der Waals surface area contributed by atoms with E-state index >= 15 is 0 Å². The fourth-order valence-corrected chi connectivity index (χ4v) is 5.49. The summed E-state index contributed by atoms with van der Waals surface area (Å²) in [5.41, 5.74) is 0.199. The molecule has 8 heteroatoms. The Labute approximate surface area is 180 Å². The second-order valence-electron chi connectivity index (χ2n) is 7.74. The number of carbonyl (C=O) groups excluding carboxylic acids is 1. The number of likely N-dealkylation sites (tertiary alicyclic amines) is 1. The van der Waals surface area contributed by atoms with Crippen LogP contribution in [0.25, 0.3) is 0 Å². The molecule has 1 aromatic carbocycles. The Bertz CT molecular complexity index is 781. The van der Waals surface area contributed by atoms with Crippen LogP contribution in [0.5, 0.6) is 0 Å². The van der Waals surface area contributed by atoms with Gasteiger partial charge in [0.2, 0.25) is 10.0 Å². The average Bonchev–Trinajstić information content (AvgIpc) is 2.68. The highest BCUT2D eigenvalue weighted by Gasteiger charge is 2.23. The van der Waals surface area contributed by atoms with Gasteiger partial charge in [-0.15, -0.1) is 0 Å². The molecular weight excluding hydrogens is 410 g/mol. The number of amides is 1. The Morgan fingerprint density at radius 2 is 2.00 bits per heavy atom. The molecule has 1 aliphatic rings. The van der Waals surface area contributed by atoms with Gasteiger partial charge >= 0.3 is 0 Å². The molecule has 164 valence electrons. The Kier molecular flexibility index (Phi) is 9.40. The molecule has 0 bridgehead atoms. The summed E-state index contributed by atoms with van der Waals surface area (Å²) >= 11 is 6.17. The minimum Gasteiger partial charge on any atom is -0.352 e. The molecule has 1 heterocycles. The number of sulfonamides is 1. The van der Waals surface area contributed by atoms with E-state index in [1.54, 1.807) is 13.8 Å². The third kappa shape index (κ3) is 6.67. The number of hydrogen-bond acceptors (Lipinski definition) is 4. The SMILES string of the molecule is CCN(CC)S(=O)(=O)c1ccc(Cl)c(C(=O)NCCCCN2CCCC(C)C2)c1. The lowest BCUT2D eigenvalue weighted by Crippen LogP contribution is -2.35. The van der Waals surface area contributed by atoms with Gasteiger partial charge in [-0.2, -0.15) is 4.31 Å². The molecule has 0 aliphatic carbocycles. The van der Waals surface area contributed by atoms with E-state index in [0.29, 0.717) is 19.6 Å². The molecule has 2 rings (SSSR count). The molecule has 0 spiro atoms. The summed E-state index contributed by atoms with van der Waals surface area (Å²) in [6.07, 6.45) is 4.49. The van der Waals surface area contributed by atoms with Crippen LogP contribution in [0.15, 0.2) is 23.1 Å². The van der Waals surface area contributed by atoms with Crippen molar-refractivity contribution < 1.29 is 13.2 Å². The molecule has 1 aliphatic heterocycles. The molecule has 1 saturated heterocycles. The quantitative estimate of drug-likeness (QED) is 0.561. The first-order valence-corrected chi connectivity index (χ1v) is 12.4. The lowest BCUT2D eigenvalue weighted by Gasteiger charge is -2.30. The number of carbonyl (C=O) groups is 1. The molecule has 0 radical (unpaired) electrons. The van der Waals surface area contributed by atoms with Gasteiger partial charge in [-0.25, -0.2) is 8.42 Å². The van der Waals surface area contributed by atoms with Crippen molar-refractivity contribution in [2.24, 2.45) is 5.92 Å². The van der Waals surface area contributed by atoms with Crippen LogP contribution in [0.3, 0.4) is 0 Å². The third-order valence-electron chi connectivity index (χ3n) is 5.45.